The molecule has 108 valence electrons. The van der Waals surface area contributed by atoms with E-state index in [-0.39, 0.29) is 23.7 Å². The maximum Gasteiger partial charge on any atom is 0.310 e. The van der Waals surface area contributed by atoms with Gasteiger partial charge in [0, 0.05) is 23.2 Å². The predicted octanol–water partition coefficient (Wildman–Crippen LogP) is 1.91. The number of rotatable bonds is 2. The van der Waals surface area contributed by atoms with Gasteiger partial charge < -0.3 is 15.4 Å². The zero-order chi connectivity index (χ0) is 14.9. The van der Waals surface area contributed by atoms with E-state index >= 15 is 0 Å². The zero-order valence-electron chi connectivity index (χ0n) is 11.4. The van der Waals surface area contributed by atoms with E-state index in [1.54, 1.807) is 23.1 Å². The third-order valence-electron chi connectivity index (χ3n) is 3.62. The third kappa shape index (κ3) is 2.80. The molecule has 1 aliphatic heterocycles. The van der Waals surface area contributed by atoms with Gasteiger partial charge in [0.1, 0.15) is 0 Å². The van der Waals surface area contributed by atoms with Crippen molar-refractivity contribution in [1.82, 2.24) is 4.90 Å². The summed E-state index contributed by atoms with van der Waals surface area (Å²) in [7, 11) is 1.37. The Balaban J connectivity index is 2.19. The minimum atomic E-state index is -0.264. The Morgan fingerprint density at radius 1 is 1.40 bits per heavy atom. The van der Waals surface area contributed by atoms with E-state index in [1.165, 1.54) is 7.11 Å². The summed E-state index contributed by atoms with van der Waals surface area (Å²) in [6.07, 6.45) is 0. The first-order valence-electron chi connectivity index (χ1n) is 6.36. The topological polar surface area (TPSA) is 72.6 Å². The van der Waals surface area contributed by atoms with Gasteiger partial charge in [0.25, 0.3) is 5.91 Å². The molecule has 0 aromatic heterocycles. The highest BCUT2D eigenvalue weighted by Gasteiger charge is 2.38. The van der Waals surface area contributed by atoms with Crippen LogP contribution in [0.2, 0.25) is 0 Å². The predicted molar refractivity (Wildman–Crippen MR) is 79.1 cm³/mol. The van der Waals surface area contributed by atoms with E-state index in [1.807, 2.05) is 6.92 Å². The summed E-state index contributed by atoms with van der Waals surface area (Å²) in [6.45, 7) is 2.87. The van der Waals surface area contributed by atoms with Crippen molar-refractivity contribution in [1.29, 1.82) is 0 Å². The number of methoxy groups -OCH3 is 1. The van der Waals surface area contributed by atoms with Crippen molar-refractivity contribution < 1.29 is 14.3 Å². The SMILES string of the molecule is COC(=O)C1CN(C(=O)c2cc(N)ccc2Br)CC1C. The van der Waals surface area contributed by atoms with Crippen molar-refractivity contribution in [3.05, 3.63) is 28.2 Å². The van der Waals surface area contributed by atoms with E-state index in [0.717, 1.165) is 0 Å². The highest BCUT2D eigenvalue weighted by molar-refractivity contribution is 9.10. The van der Waals surface area contributed by atoms with Gasteiger partial charge in [0.15, 0.2) is 0 Å². The summed E-state index contributed by atoms with van der Waals surface area (Å²) in [6, 6.07) is 5.12. The average Bonchev–Trinajstić information content (AvgIpc) is 2.82. The molecule has 1 fully saturated rings. The van der Waals surface area contributed by atoms with E-state index < -0.39 is 0 Å². The molecule has 1 saturated heterocycles. The van der Waals surface area contributed by atoms with Crippen LogP contribution in [0.1, 0.15) is 17.3 Å². The van der Waals surface area contributed by atoms with E-state index in [4.69, 9.17) is 10.5 Å². The van der Waals surface area contributed by atoms with E-state index in [9.17, 15) is 9.59 Å². The van der Waals surface area contributed by atoms with Gasteiger partial charge in [-0.25, -0.2) is 0 Å². The average molecular weight is 341 g/mol. The van der Waals surface area contributed by atoms with Gasteiger partial charge in [0.2, 0.25) is 0 Å². The van der Waals surface area contributed by atoms with Crippen LogP contribution >= 0.6 is 15.9 Å². The van der Waals surface area contributed by atoms with Crippen molar-refractivity contribution in [2.75, 3.05) is 25.9 Å². The fourth-order valence-electron chi connectivity index (χ4n) is 2.47. The zero-order valence-corrected chi connectivity index (χ0v) is 13.0. The molecular formula is C14H17BrN2O3. The lowest BCUT2D eigenvalue weighted by molar-refractivity contribution is -0.146. The number of amides is 1. The van der Waals surface area contributed by atoms with Crippen LogP contribution in [0.4, 0.5) is 5.69 Å². The smallest absolute Gasteiger partial charge is 0.310 e. The van der Waals surface area contributed by atoms with Gasteiger partial charge in [-0.15, -0.1) is 0 Å². The number of carbonyl (C=O) groups is 2. The summed E-state index contributed by atoms with van der Waals surface area (Å²) >= 11 is 3.36. The Bertz CT molecular complexity index is 547. The molecule has 1 aliphatic rings. The molecule has 0 spiro atoms. The fraction of sp³-hybridized carbons (Fsp3) is 0.429. The monoisotopic (exact) mass is 340 g/mol. The first-order valence-corrected chi connectivity index (χ1v) is 7.15. The first kappa shape index (κ1) is 14.8. The Morgan fingerprint density at radius 3 is 2.75 bits per heavy atom. The van der Waals surface area contributed by atoms with Gasteiger partial charge in [-0.1, -0.05) is 6.92 Å². The Morgan fingerprint density at radius 2 is 2.10 bits per heavy atom. The Kier molecular flexibility index (Phi) is 4.32. The van der Waals surface area contributed by atoms with Gasteiger partial charge in [-0.2, -0.15) is 0 Å². The number of nitrogens with two attached hydrogens (primary N) is 1. The number of carbonyl (C=O) groups excluding carboxylic acids is 2. The van der Waals surface area contributed by atoms with Crippen LogP contribution in [-0.2, 0) is 9.53 Å². The number of likely N-dealkylation sites (tertiary alicyclic amines) is 1. The molecule has 2 N–H and O–H groups in total. The molecule has 1 aromatic carbocycles. The molecular weight excluding hydrogens is 324 g/mol. The lowest BCUT2D eigenvalue weighted by Gasteiger charge is -2.17. The summed E-state index contributed by atoms with van der Waals surface area (Å²) in [5.74, 6) is -0.558. The number of nitrogens with zero attached hydrogens (tertiary/aromatic N) is 1. The molecule has 0 saturated carbocycles. The number of halogens is 1. The second-order valence-corrected chi connectivity index (χ2v) is 5.91. The van der Waals surface area contributed by atoms with Crippen molar-refractivity contribution in [2.45, 2.75) is 6.92 Å². The molecule has 6 heteroatoms. The molecule has 2 unspecified atom stereocenters. The van der Waals surface area contributed by atoms with Crippen LogP contribution < -0.4 is 5.73 Å². The fourth-order valence-corrected chi connectivity index (χ4v) is 2.88. The van der Waals surface area contributed by atoms with E-state index in [0.29, 0.717) is 28.8 Å². The number of benzene rings is 1. The van der Waals surface area contributed by atoms with Crippen LogP contribution in [0.25, 0.3) is 0 Å². The normalized spacial score (nSPS) is 21.9. The largest absolute Gasteiger partial charge is 0.469 e. The van der Waals surface area contributed by atoms with Crippen LogP contribution in [0.3, 0.4) is 0 Å². The van der Waals surface area contributed by atoms with Gasteiger partial charge in [0.05, 0.1) is 18.6 Å². The maximum atomic E-state index is 12.5. The minimum absolute atomic E-state index is 0.0891. The number of anilines is 1. The standard InChI is InChI=1S/C14H17BrN2O3/c1-8-6-17(7-11(8)14(19)20-2)13(18)10-5-9(16)3-4-12(10)15/h3-5,8,11H,6-7,16H2,1-2H3. The third-order valence-corrected chi connectivity index (χ3v) is 4.32. The first-order chi connectivity index (χ1) is 9.43. The molecule has 5 nitrogen and oxygen atoms in total. The quantitative estimate of drug-likeness (QED) is 0.659. The number of hydrogen-bond donors (Lipinski definition) is 1. The van der Waals surface area contributed by atoms with E-state index in [2.05, 4.69) is 15.9 Å². The molecule has 1 heterocycles. The summed E-state index contributed by atoms with van der Waals surface area (Å²) in [4.78, 5) is 25.8. The van der Waals surface area contributed by atoms with Crippen molar-refractivity contribution in [3.63, 3.8) is 0 Å². The Hall–Kier alpha value is -1.56. The van der Waals surface area contributed by atoms with Gasteiger partial charge in [-0.05, 0) is 40.0 Å². The maximum absolute atomic E-state index is 12.5. The van der Waals surface area contributed by atoms with Crippen molar-refractivity contribution in [3.8, 4) is 0 Å². The second kappa shape index (κ2) is 5.83. The molecule has 2 atom stereocenters. The number of hydrogen-bond acceptors (Lipinski definition) is 4. The van der Waals surface area contributed by atoms with Crippen LogP contribution in [0.15, 0.2) is 22.7 Å². The van der Waals surface area contributed by atoms with Crippen LogP contribution in [0, 0.1) is 11.8 Å². The Labute approximate surface area is 126 Å². The summed E-state index contributed by atoms with van der Waals surface area (Å²) in [5.41, 5.74) is 6.77. The molecule has 1 aromatic rings. The molecule has 2 rings (SSSR count). The minimum Gasteiger partial charge on any atom is -0.469 e. The molecule has 0 bridgehead atoms. The number of nitrogen functional groups attached to an aromatic ring is 1. The highest BCUT2D eigenvalue weighted by Crippen LogP contribution is 2.28. The summed E-state index contributed by atoms with van der Waals surface area (Å²) < 4.78 is 5.47. The second-order valence-electron chi connectivity index (χ2n) is 5.06. The van der Waals surface area contributed by atoms with Gasteiger partial charge >= 0.3 is 5.97 Å². The van der Waals surface area contributed by atoms with Crippen LogP contribution in [-0.4, -0.2) is 37.0 Å². The lowest BCUT2D eigenvalue weighted by Crippen LogP contribution is -2.30. The molecule has 0 aliphatic carbocycles. The highest BCUT2D eigenvalue weighted by atomic mass is 79.9. The van der Waals surface area contributed by atoms with Crippen LogP contribution in [0.5, 0.6) is 0 Å². The number of ether oxygens (including phenoxy) is 1. The summed E-state index contributed by atoms with van der Waals surface area (Å²) in [5, 5.41) is 0. The van der Waals surface area contributed by atoms with Crippen molar-refractivity contribution >= 4 is 33.5 Å². The number of esters is 1. The molecule has 20 heavy (non-hydrogen) atoms. The lowest BCUT2D eigenvalue weighted by atomic mass is 9.99. The van der Waals surface area contributed by atoms with Crippen molar-refractivity contribution in [2.24, 2.45) is 11.8 Å². The van der Waals surface area contributed by atoms with Gasteiger partial charge in [-0.3, -0.25) is 9.59 Å². The molecule has 1 amide bonds. The molecule has 0 radical (unpaired) electrons.